The molecule has 0 saturated heterocycles. The zero-order valence-electron chi connectivity index (χ0n) is 23.3. The molecule has 0 unspecified atom stereocenters. The van der Waals surface area contributed by atoms with Gasteiger partial charge in [0.2, 0.25) is 8.32 Å². The number of nitriles is 1. The van der Waals surface area contributed by atoms with Gasteiger partial charge in [-0.05, 0) is 59.8 Å². The van der Waals surface area contributed by atoms with Gasteiger partial charge in [-0.15, -0.1) is 0 Å². The van der Waals surface area contributed by atoms with Crippen LogP contribution in [0.3, 0.4) is 0 Å². The fraction of sp³-hybridized carbons (Fsp3) is 0.448. The van der Waals surface area contributed by atoms with E-state index in [0.29, 0.717) is 11.1 Å². The van der Waals surface area contributed by atoms with Gasteiger partial charge in [0.25, 0.3) is 15.9 Å². The first-order valence-corrected chi connectivity index (χ1v) is 16.5. The lowest BCUT2D eigenvalue weighted by Crippen LogP contribution is -2.53. The lowest BCUT2D eigenvalue weighted by atomic mass is 10.0. The molecule has 0 aliphatic carbocycles. The number of rotatable bonds is 12. The molecule has 2 aromatic rings. The fourth-order valence-corrected chi connectivity index (χ4v) is 11.5. The van der Waals surface area contributed by atoms with Crippen molar-refractivity contribution in [3.8, 4) is 6.07 Å². The van der Waals surface area contributed by atoms with Gasteiger partial charge in [-0.3, -0.25) is 4.79 Å². The lowest BCUT2D eigenvalue weighted by molar-refractivity contribution is -0.124. The maximum Gasteiger partial charge on any atom is 0.265 e. The summed E-state index contributed by atoms with van der Waals surface area (Å²) in [6.07, 6.45) is 1.36. The van der Waals surface area contributed by atoms with Crippen molar-refractivity contribution in [2.45, 2.75) is 88.6 Å². The van der Waals surface area contributed by atoms with Crippen molar-refractivity contribution in [1.82, 2.24) is 4.72 Å². The van der Waals surface area contributed by atoms with Gasteiger partial charge >= 0.3 is 0 Å². The van der Waals surface area contributed by atoms with Gasteiger partial charge in [-0.1, -0.05) is 83.5 Å². The molecule has 0 spiro atoms. The molecule has 7 nitrogen and oxygen atoms in total. The van der Waals surface area contributed by atoms with E-state index < -0.39 is 36.5 Å². The predicted octanol–water partition coefficient (Wildman–Crippen LogP) is 5.91. The maximum atomic E-state index is 13.4. The molecule has 1 amide bonds. The Kier molecular flexibility index (Phi) is 11.0. The molecule has 2 rings (SSSR count). The van der Waals surface area contributed by atoms with E-state index in [1.54, 1.807) is 48.6 Å². The van der Waals surface area contributed by atoms with Gasteiger partial charge in [0.05, 0.1) is 22.6 Å². The maximum absolute atomic E-state index is 13.4. The van der Waals surface area contributed by atoms with E-state index in [1.807, 2.05) is 13.0 Å². The average molecular weight is 557 g/mol. The standard InChI is InChI=1S/C29H40N2O5SSi/c1-20(2)38(21(3)4,22(5)6)36-28(10-8-9-27(32)25-15-13-24(19-30)14-16-25)29(33)31-37(34,35)26-17-11-23(7)12-18-26/h8,10-18,20-22,27-28,32H,9H2,1-7H3,(H,31,33)/b10-8-/t27-,28+/m0/s1. The van der Waals surface area contributed by atoms with E-state index in [4.69, 9.17) is 9.69 Å². The highest BCUT2D eigenvalue weighted by atomic mass is 32.2. The van der Waals surface area contributed by atoms with E-state index in [1.165, 1.54) is 12.1 Å². The first-order chi connectivity index (χ1) is 17.7. The smallest absolute Gasteiger partial charge is 0.265 e. The highest BCUT2D eigenvalue weighted by Gasteiger charge is 2.47. The number of aliphatic hydroxyl groups is 1. The first kappa shape index (κ1) is 31.4. The average Bonchev–Trinajstić information content (AvgIpc) is 2.85. The number of sulfonamides is 1. The van der Waals surface area contributed by atoms with Crippen molar-refractivity contribution in [3.63, 3.8) is 0 Å². The molecular weight excluding hydrogens is 516 g/mol. The number of hydrogen-bond donors (Lipinski definition) is 2. The molecule has 2 aromatic carbocycles. The molecule has 0 aliphatic rings. The second-order valence-corrected chi connectivity index (χ2v) is 17.6. The summed E-state index contributed by atoms with van der Waals surface area (Å²) in [6.45, 7) is 14.4. The van der Waals surface area contributed by atoms with Crippen LogP contribution in [0.2, 0.25) is 16.6 Å². The molecule has 0 aromatic heterocycles. The topological polar surface area (TPSA) is 116 Å². The second-order valence-electron chi connectivity index (χ2n) is 10.6. The van der Waals surface area contributed by atoms with Crippen LogP contribution in [0.15, 0.2) is 65.6 Å². The zero-order chi connectivity index (χ0) is 28.7. The van der Waals surface area contributed by atoms with Gasteiger partial charge in [0.15, 0.2) is 0 Å². The van der Waals surface area contributed by atoms with Crippen LogP contribution in [-0.2, 0) is 19.2 Å². The first-order valence-electron chi connectivity index (χ1n) is 12.9. The molecule has 0 fully saturated rings. The van der Waals surface area contributed by atoms with Crippen LogP contribution < -0.4 is 4.72 Å². The Morgan fingerprint density at radius 2 is 1.53 bits per heavy atom. The molecule has 0 saturated carbocycles. The normalized spacial score (nSPS) is 14.2. The minimum Gasteiger partial charge on any atom is -0.401 e. The Bertz CT molecular complexity index is 1230. The number of carbonyl (C=O) groups excluding carboxylic acids is 1. The molecule has 2 N–H and O–H groups in total. The Morgan fingerprint density at radius 3 is 2.00 bits per heavy atom. The highest BCUT2D eigenvalue weighted by molar-refractivity contribution is 7.90. The Balaban J connectivity index is 2.37. The molecule has 0 radical (unpaired) electrons. The van der Waals surface area contributed by atoms with E-state index in [0.717, 1.165) is 5.56 Å². The van der Waals surface area contributed by atoms with Crippen molar-refractivity contribution >= 4 is 24.2 Å². The van der Waals surface area contributed by atoms with Gasteiger partial charge in [0, 0.05) is 0 Å². The van der Waals surface area contributed by atoms with Crippen LogP contribution in [0.4, 0.5) is 0 Å². The SMILES string of the molecule is Cc1ccc(S(=O)(=O)NC(=O)[C@@H](/C=C\C[C@H](O)c2ccc(C#N)cc2)O[Si](C(C)C)(C(C)C)C(C)C)cc1. The summed E-state index contributed by atoms with van der Waals surface area (Å²) in [5, 5.41) is 19.6. The van der Waals surface area contributed by atoms with Crippen molar-refractivity contribution in [1.29, 1.82) is 5.26 Å². The number of nitrogens with one attached hydrogen (secondary N) is 1. The fourth-order valence-electron chi connectivity index (χ4n) is 5.02. The van der Waals surface area contributed by atoms with Gasteiger partial charge in [0.1, 0.15) is 6.10 Å². The minimum atomic E-state index is -4.10. The number of amides is 1. The van der Waals surface area contributed by atoms with Gasteiger partial charge in [-0.25, -0.2) is 13.1 Å². The largest absolute Gasteiger partial charge is 0.401 e. The van der Waals surface area contributed by atoms with Gasteiger partial charge < -0.3 is 9.53 Å². The molecule has 0 heterocycles. The minimum absolute atomic E-state index is 0.00416. The van der Waals surface area contributed by atoms with Crippen molar-refractivity contribution in [3.05, 3.63) is 77.4 Å². The summed E-state index contributed by atoms with van der Waals surface area (Å²) >= 11 is 0. The number of hydrogen-bond acceptors (Lipinski definition) is 6. The van der Waals surface area contributed by atoms with Crippen molar-refractivity contribution in [2.24, 2.45) is 0 Å². The number of aliphatic hydroxyl groups excluding tert-OH is 1. The van der Waals surface area contributed by atoms with Crippen LogP contribution in [0.1, 0.15) is 70.8 Å². The number of aryl methyl sites for hydroxylation is 1. The summed E-state index contributed by atoms with van der Waals surface area (Å²) in [7, 11) is -6.67. The van der Waals surface area contributed by atoms with Crippen LogP contribution >= 0.6 is 0 Å². The molecule has 2 atom stereocenters. The molecule has 9 heteroatoms. The van der Waals surface area contributed by atoms with Crippen LogP contribution in [0.25, 0.3) is 0 Å². The third-order valence-corrected chi connectivity index (χ3v) is 14.4. The Morgan fingerprint density at radius 1 is 1.00 bits per heavy atom. The summed E-state index contributed by atoms with van der Waals surface area (Å²) in [6, 6.07) is 14.9. The van der Waals surface area contributed by atoms with Crippen LogP contribution in [0, 0.1) is 18.3 Å². The van der Waals surface area contributed by atoms with Crippen molar-refractivity contribution < 1.29 is 22.7 Å². The zero-order valence-corrected chi connectivity index (χ0v) is 25.1. The summed E-state index contributed by atoms with van der Waals surface area (Å²) in [5.74, 6) is -0.770. The van der Waals surface area contributed by atoms with Crippen LogP contribution in [0.5, 0.6) is 0 Å². The Hall–Kier alpha value is -2.77. The lowest BCUT2D eigenvalue weighted by Gasteiger charge is -2.43. The molecule has 38 heavy (non-hydrogen) atoms. The van der Waals surface area contributed by atoms with E-state index in [9.17, 15) is 18.3 Å². The molecule has 0 bridgehead atoms. The summed E-state index contributed by atoms with van der Waals surface area (Å²) in [4.78, 5) is 13.4. The quantitative estimate of drug-likeness (QED) is 0.248. The number of benzene rings is 2. The monoisotopic (exact) mass is 556 g/mol. The summed E-state index contributed by atoms with van der Waals surface area (Å²) in [5.41, 5.74) is 2.54. The Labute approximate surface area is 228 Å². The molecular formula is C29H40N2O5SSi. The third-order valence-electron chi connectivity index (χ3n) is 6.96. The summed E-state index contributed by atoms with van der Waals surface area (Å²) < 4.78 is 34.8. The second kappa shape index (κ2) is 13.3. The number of carbonyl (C=O) groups is 1. The number of nitrogens with zero attached hydrogens (tertiary/aromatic N) is 1. The van der Waals surface area contributed by atoms with Crippen molar-refractivity contribution in [2.75, 3.05) is 0 Å². The van der Waals surface area contributed by atoms with E-state index >= 15 is 0 Å². The third kappa shape index (κ3) is 7.64. The molecule has 0 aliphatic heterocycles. The van der Waals surface area contributed by atoms with E-state index in [2.05, 4.69) is 46.3 Å². The predicted molar refractivity (Wildman–Crippen MR) is 152 cm³/mol. The van der Waals surface area contributed by atoms with Gasteiger partial charge in [-0.2, -0.15) is 5.26 Å². The van der Waals surface area contributed by atoms with E-state index in [-0.39, 0.29) is 27.9 Å². The highest BCUT2D eigenvalue weighted by Crippen LogP contribution is 2.43. The molecule has 206 valence electrons. The van der Waals surface area contributed by atoms with Crippen LogP contribution in [-0.4, -0.2) is 33.9 Å².